The number of aromatic nitrogens is 1. The molecule has 0 unspecified atom stereocenters. The topological polar surface area (TPSA) is 55.1 Å². The molecular weight excluding hydrogens is 359 g/mol. The lowest BCUT2D eigenvalue weighted by atomic mass is 10.1. The Bertz CT molecular complexity index is 867. The Kier molecular flexibility index (Phi) is 4.23. The quantitative estimate of drug-likeness (QED) is 0.638. The smallest absolute Gasteiger partial charge is 0.276 e. The van der Waals surface area contributed by atoms with Gasteiger partial charge in [-0.25, -0.2) is 4.98 Å². The Morgan fingerprint density at radius 2 is 1.83 bits per heavy atom. The summed E-state index contributed by atoms with van der Waals surface area (Å²) in [5.41, 5.74) is 3.70. The third-order valence-corrected chi connectivity index (χ3v) is 3.72. The van der Waals surface area contributed by atoms with E-state index in [0.717, 1.165) is 11.1 Å². The summed E-state index contributed by atoms with van der Waals surface area (Å²) >= 11 is 16.6. The van der Waals surface area contributed by atoms with E-state index in [-0.39, 0.29) is 0 Å². The van der Waals surface area contributed by atoms with Crippen molar-refractivity contribution in [3.05, 3.63) is 48.0 Å². The summed E-state index contributed by atoms with van der Waals surface area (Å²) < 4.78 is 3.70. The van der Waals surface area contributed by atoms with Crippen LogP contribution in [0.5, 0.6) is 0 Å². The molecule has 118 valence electrons. The van der Waals surface area contributed by atoms with Crippen LogP contribution in [0.3, 0.4) is 0 Å². The zero-order valence-corrected chi connectivity index (χ0v) is 14.2. The van der Waals surface area contributed by atoms with Crippen LogP contribution >= 0.6 is 34.8 Å². The van der Waals surface area contributed by atoms with Crippen molar-refractivity contribution in [1.82, 2.24) is 4.98 Å². The Hall–Kier alpha value is -1.75. The first-order chi connectivity index (χ1) is 10.8. The lowest BCUT2D eigenvalue weighted by Crippen LogP contribution is -2.26. The van der Waals surface area contributed by atoms with Gasteiger partial charge in [0.05, 0.1) is 0 Å². The van der Waals surface area contributed by atoms with Gasteiger partial charge in [-0.1, -0.05) is 52.5 Å². The summed E-state index contributed by atoms with van der Waals surface area (Å²) in [5, 5.41) is 2.51. The summed E-state index contributed by atoms with van der Waals surface area (Å²) in [5.74, 6) is -0.228. The van der Waals surface area contributed by atoms with Gasteiger partial charge in [-0.2, -0.15) is 0 Å². The average Bonchev–Trinajstić information content (AvgIpc) is 2.90. The van der Waals surface area contributed by atoms with Crippen molar-refractivity contribution in [2.45, 2.75) is 10.7 Å². The molecule has 1 N–H and O–H groups in total. The van der Waals surface area contributed by atoms with Gasteiger partial charge in [0.15, 0.2) is 5.58 Å². The van der Waals surface area contributed by atoms with Crippen LogP contribution in [0.2, 0.25) is 0 Å². The van der Waals surface area contributed by atoms with Crippen molar-refractivity contribution in [1.29, 1.82) is 0 Å². The van der Waals surface area contributed by atoms with E-state index in [4.69, 9.17) is 39.2 Å². The third kappa shape index (κ3) is 3.61. The highest BCUT2D eigenvalue weighted by molar-refractivity contribution is 6.76. The van der Waals surface area contributed by atoms with E-state index < -0.39 is 9.70 Å². The van der Waals surface area contributed by atoms with Crippen LogP contribution in [0, 0.1) is 6.92 Å². The second kappa shape index (κ2) is 6.04. The molecule has 0 spiro atoms. The van der Waals surface area contributed by atoms with Gasteiger partial charge >= 0.3 is 0 Å². The minimum absolute atomic E-state index is 0.470. The maximum Gasteiger partial charge on any atom is 0.276 e. The monoisotopic (exact) mass is 368 g/mol. The fraction of sp³-hybridized carbons (Fsp3) is 0.125. The molecule has 0 aliphatic heterocycles. The molecule has 2 aromatic carbocycles. The molecule has 1 aromatic heterocycles. The van der Waals surface area contributed by atoms with E-state index in [1.807, 2.05) is 31.2 Å². The Morgan fingerprint density at radius 1 is 1.13 bits per heavy atom. The third-order valence-electron chi connectivity index (χ3n) is 3.20. The predicted molar refractivity (Wildman–Crippen MR) is 93.1 cm³/mol. The minimum Gasteiger partial charge on any atom is -0.436 e. The molecule has 0 atom stereocenters. The van der Waals surface area contributed by atoms with Crippen LogP contribution in [0.1, 0.15) is 5.56 Å². The number of carbonyl (C=O) groups excluding carboxylic acids is 1. The number of aryl methyl sites for hydroxylation is 1. The number of benzene rings is 2. The highest BCUT2D eigenvalue weighted by Crippen LogP contribution is 2.29. The minimum atomic E-state index is -2.02. The van der Waals surface area contributed by atoms with Crippen LogP contribution in [0.15, 0.2) is 46.9 Å². The van der Waals surface area contributed by atoms with Gasteiger partial charge in [0, 0.05) is 11.3 Å². The second-order valence-corrected chi connectivity index (χ2v) is 7.30. The number of hydrogen-bond acceptors (Lipinski definition) is 3. The van der Waals surface area contributed by atoms with Crippen LogP contribution in [-0.4, -0.2) is 14.7 Å². The number of hydrogen-bond donors (Lipinski definition) is 1. The van der Waals surface area contributed by atoms with Crippen molar-refractivity contribution < 1.29 is 9.21 Å². The fourth-order valence-corrected chi connectivity index (χ4v) is 2.17. The number of halogens is 3. The Morgan fingerprint density at radius 3 is 2.48 bits per heavy atom. The number of alkyl halides is 3. The van der Waals surface area contributed by atoms with Gasteiger partial charge < -0.3 is 9.73 Å². The van der Waals surface area contributed by atoms with Crippen LogP contribution in [0.25, 0.3) is 22.6 Å². The zero-order valence-electron chi connectivity index (χ0n) is 11.9. The molecule has 3 rings (SSSR count). The molecule has 0 bridgehead atoms. The first-order valence-electron chi connectivity index (χ1n) is 6.69. The number of fused-ring (bicyclic) bond motifs is 1. The lowest BCUT2D eigenvalue weighted by Gasteiger charge is -2.10. The number of nitrogens with one attached hydrogen (secondary N) is 1. The number of oxazole rings is 1. The van der Waals surface area contributed by atoms with Gasteiger partial charge in [-0.15, -0.1) is 0 Å². The normalized spacial score (nSPS) is 11.7. The first kappa shape index (κ1) is 16.1. The highest BCUT2D eigenvalue weighted by atomic mass is 35.6. The van der Waals surface area contributed by atoms with Gasteiger partial charge in [-0.05, 0) is 37.3 Å². The molecule has 0 saturated carbocycles. The number of rotatable bonds is 2. The summed E-state index contributed by atoms with van der Waals surface area (Å²) in [6.45, 7) is 2.01. The number of amides is 1. The summed E-state index contributed by atoms with van der Waals surface area (Å²) in [6, 6.07) is 12.9. The van der Waals surface area contributed by atoms with E-state index >= 15 is 0 Å². The molecule has 0 aliphatic carbocycles. The van der Waals surface area contributed by atoms with Crippen molar-refractivity contribution in [3.63, 3.8) is 0 Å². The van der Waals surface area contributed by atoms with Crippen LogP contribution in [-0.2, 0) is 4.79 Å². The van der Waals surface area contributed by atoms with E-state index in [1.54, 1.807) is 18.2 Å². The summed E-state index contributed by atoms with van der Waals surface area (Å²) in [4.78, 5) is 16.1. The zero-order chi connectivity index (χ0) is 16.6. The standard InChI is InChI=1S/C16H11Cl3N2O2/c1-9-2-4-10(5-3-9)14-21-12-8-11(6-7-13(12)23-14)20-15(22)16(17,18)19/h2-8H,1H3,(H,20,22). The highest BCUT2D eigenvalue weighted by Gasteiger charge is 2.30. The lowest BCUT2D eigenvalue weighted by molar-refractivity contribution is -0.115. The molecule has 3 aromatic rings. The number of carbonyl (C=O) groups is 1. The maximum absolute atomic E-state index is 11.7. The van der Waals surface area contributed by atoms with Gasteiger partial charge in [0.2, 0.25) is 5.89 Å². The van der Waals surface area contributed by atoms with Crippen LogP contribution in [0.4, 0.5) is 5.69 Å². The summed E-state index contributed by atoms with van der Waals surface area (Å²) in [6.07, 6.45) is 0. The van der Waals surface area contributed by atoms with Crippen molar-refractivity contribution in [2.75, 3.05) is 5.32 Å². The Balaban J connectivity index is 1.92. The van der Waals surface area contributed by atoms with E-state index in [9.17, 15) is 4.79 Å². The fourth-order valence-electron chi connectivity index (χ4n) is 2.03. The maximum atomic E-state index is 11.7. The molecule has 0 radical (unpaired) electrons. The molecule has 1 amide bonds. The van der Waals surface area contributed by atoms with Crippen molar-refractivity contribution >= 4 is 57.5 Å². The van der Waals surface area contributed by atoms with Gasteiger partial charge in [0.25, 0.3) is 9.70 Å². The van der Waals surface area contributed by atoms with Gasteiger partial charge in [0.1, 0.15) is 5.52 Å². The van der Waals surface area contributed by atoms with Crippen LogP contribution < -0.4 is 5.32 Å². The van der Waals surface area contributed by atoms with Crippen molar-refractivity contribution in [3.8, 4) is 11.5 Å². The van der Waals surface area contributed by atoms with Crippen molar-refractivity contribution in [2.24, 2.45) is 0 Å². The largest absolute Gasteiger partial charge is 0.436 e. The predicted octanol–water partition coefficient (Wildman–Crippen LogP) is 5.11. The molecule has 0 aliphatic rings. The number of nitrogens with zero attached hydrogens (tertiary/aromatic N) is 1. The molecule has 1 heterocycles. The molecular formula is C16H11Cl3N2O2. The second-order valence-electron chi connectivity index (χ2n) is 5.02. The molecule has 0 fully saturated rings. The SMILES string of the molecule is Cc1ccc(-c2nc3cc(NC(=O)C(Cl)(Cl)Cl)ccc3o2)cc1. The first-order valence-corrected chi connectivity index (χ1v) is 7.82. The van der Waals surface area contributed by atoms with E-state index in [2.05, 4.69) is 10.3 Å². The van der Waals surface area contributed by atoms with E-state index in [1.165, 1.54) is 0 Å². The molecule has 4 nitrogen and oxygen atoms in total. The number of anilines is 1. The molecule has 7 heteroatoms. The molecule has 0 saturated heterocycles. The van der Waals surface area contributed by atoms with Gasteiger partial charge in [-0.3, -0.25) is 4.79 Å². The summed E-state index contributed by atoms with van der Waals surface area (Å²) in [7, 11) is 0. The van der Waals surface area contributed by atoms with E-state index in [0.29, 0.717) is 22.7 Å². The average molecular weight is 370 g/mol. The molecule has 23 heavy (non-hydrogen) atoms. The Labute approximate surface area is 147 Å².